The molecule has 4 amide bonds. The second-order valence-corrected chi connectivity index (χ2v) is 12.0. The van der Waals surface area contributed by atoms with Gasteiger partial charge in [-0.25, -0.2) is 0 Å². The Labute approximate surface area is 270 Å². The number of rotatable bonds is 12. The van der Waals surface area contributed by atoms with Crippen LogP contribution < -0.4 is 21.3 Å². The van der Waals surface area contributed by atoms with Gasteiger partial charge in [0.1, 0.15) is 12.3 Å². The molecule has 3 aromatic rings. The van der Waals surface area contributed by atoms with Gasteiger partial charge in [0.15, 0.2) is 0 Å². The van der Waals surface area contributed by atoms with Crippen molar-refractivity contribution in [1.29, 1.82) is 0 Å². The van der Waals surface area contributed by atoms with Crippen LogP contribution in [0.1, 0.15) is 62.4 Å². The van der Waals surface area contributed by atoms with E-state index in [9.17, 15) is 24.0 Å². The fourth-order valence-electron chi connectivity index (χ4n) is 5.54. The predicted molar refractivity (Wildman–Crippen MR) is 183 cm³/mol. The summed E-state index contributed by atoms with van der Waals surface area (Å²) < 4.78 is 0. The summed E-state index contributed by atoms with van der Waals surface area (Å²) in [5.74, 6) is -1.97. The van der Waals surface area contributed by atoms with E-state index in [0.29, 0.717) is 19.3 Å². The van der Waals surface area contributed by atoms with Crippen LogP contribution in [0.4, 0.5) is 0 Å². The maximum Gasteiger partial charge on any atom is 0.243 e. The highest BCUT2D eigenvalue weighted by Crippen LogP contribution is 2.35. The Hall–Kier alpha value is -4.53. The molecule has 0 radical (unpaired) electrons. The van der Waals surface area contributed by atoms with Crippen molar-refractivity contribution >= 4 is 40.7 Å². The van der Waals surface area contributed by atoms with Gasteiger partial charge in [0, 0.05) is 28.6 Å². The number of carbonyl (C=O) groups is 5. The Morgan fingerprint density at radius 2 is 1.62 bits per heavy atom. The number of fused-ring (bicyclic) bond motifs is 1. The molecule has 3 aromatic carbocycles. The van der Waals surface area contributed by atoms with E-state index in [-0.39, 0.29) is 28.9 Å². The number of benzene rings is 3. The molecule has 4 rings (SSSR count). The molecule has 3 atom stereocenters. The molecular weight excluding hydrogens is 568 g/mol. The van der Waals surface area contributed by atoms with Crippen molar-refractivity contribution in [3.63, 3.8) is 0 Å². The van der Waals surface area contributed by atoms with Crippen LogP contribution in [-0.2, 0) is 36.8 Å². The first kappa shape index (κ1) is 35.0. The molecule has 45 heavy (non-hydrogen) atoms. The van der Waals surface area contributed by atoms with Crippen molar-refractivity contribution in [2.45, 2.75) is 71.9 Å². The van der Waals surface area contributed by atoms with Gasteiger partial charge in [-0.1, -0.05) is 107 Å². The summed E-state index contributed by atoms with van der Waals surface area (Å²) in [6.07, 6.45) is 3.62. The summed E-state index contributed by atoms with van der Waals surface area (Å²) in [5, 5.41) is 13.0. The van der Waals surface area contributed by atoms with Crippen LogP contribution in [0.15, 0.2) is 72.8 Å². The molecule has 0 bridgehead atoms. The molecule has 0 saturated carbocycles. The number of hydrogen-bond acceptors (Lipinski definition) is 5. The fraction of sp³-hybridized carbons (Fsp3) is 0.417. The smallest absolute Gasteiger partial charge is 0.243 e. The Bertz CT molecular complexity index is 1470. The van der Waals surface area contributed by atoms with Crippen molar-refractivity contribution < 1.29 is 28.3 Å². The first-order valence-electron chi connectivity index (χ1n) is 15.7. The molecule has 4 N–H and O–H groups in total. The molecule has 0 aliphatic carbocycles. The number of nitrogens with one attached hydrogen (secondary N) is 4. The molecule has 0 unspecified atom stereocenters. The van der Waals surface area contributed by atoms with Crippen LogP contribution in [0.2, 0.25) is 0 Å². The van der Waals surface area contributed by atoms with E-state index in [1.807, 2.05) is 72.8 Å². The van der Waals surface area contributed by atoms with Crippen molar-refractivity contribution in [3.8, 4) is 0 Å². The maximum absolute atomic E-state index is 13.4. The van der Waals surface area contributed by atoms with Crippen LogP contribution >= 0.6 is 0 Å². The minimum atomic E-state index is -0.941. The van der Waals surface area contributed by atoms with Gasteiger partial charge in [-0.15, -0.1) is 0 Å². The third-order valence-electron chi connectivity index (χ3n) is 8.02. The first-order valence-corrected chi connectivity index (χ1v) is 15.7. The molecule has 1 saturated heterocycles. The van der Waals surface area contributed by atoms with Gasteiger partial charge in [-0.05, 0) is 34.7 Å². The first-order chi connectivity index (χ1) is 21.6. The number of piperidine rings is 1. The molecule has 246 valence electrons. The summed E-state index contributed by atoms with van der Waals surface area (Å²) in [7, 11) is 0. The van der Waals surface area contributed by atoms with Crippen LogP contribution in [0, 0.1) is 11.3 Å². The van der Waals surface area contributed by atoms with Gasteiger partial charge in [-0.3, -0.25) is 19.2 Å². The Kier molecular flexibility index (Phi) is 13.3. The minimum Gasteiger partial charge on any atom is -0.356 e. The van der Waals surface area contributed by atoms with Gasteiger partial charge in [0.25, 0.3) is 0 Å². The van der Waals surface area contributed by atoms with E-state index in [1.165, 1.54) is 6.42 Å². The summed E-state index contributed by atoms with van der Waals surface area (Å²) in [6, 6.07) is 21.0. The summed E-state index contributed by atoms with van der Waals surface area (Å²) in [5.41, 5.74) is 0.868. The number of hydrogen-bond donors (Lipinski definition) is 4. The van der Waals surface area contributed by atoms with E-state index >= 15 is 0 Å². The van der Waals surface area contributed by atoms with Gasteiger partial charge in [-0.2, -0.15) is 0 Å². The topological polar surface area (TPSA) is 133 Å². The number of amides is 4. The Balaban J connectivity index is 0.00000355. The van der Waals surface area contributed by atoms with E-state index in [4.69, 9.17) is 0 Å². The normalized spacial score (nSPS) is 15.8. The lowest BCUT2D eigenvalue weighted by atomic mass is 9.70. The quantitative estimate of drug-likeness (QED) is 0.220. The Morgan fingerprint density at radius 3 is 2.31 bits per heavy atom. The maximum atomic E-state index is 13.4. The van der Waals surface area contributed by atoms with E-state index in [2.05, 4.69) is 35.1 Å². The second kappa shape index (κ2) is 17.1. The number of carbonyl (C=O) groups excluding carboxylic acids is 5. The lowest BCUT2D eigenvalue weighted by molar-refractivity contribution is -0.135. The highest BCUT2D eigenvalue weighted by atomic mass is 16.2. The second-order valence-electron chi connectivity index (χ2n) is 12.0. The molecule has 1 fully saturated rings. The zero-order chi connectivity index (χ0) is 32.8. The average Bonchev–Trinajstić information content (AvgIpc) is 3.03. The fourth-order valence-corrected chi connectivity index (χ4v) is 5.54. The molecule has 9 nitrogen and oxygen atoms in total. The van der Waals surface area contributed by atoms with Crippen molar-refractivity contribution in [1.82, 2.24) is 21.3 Å². The van der Waals surface area contributed by atoms with E-state index < -0.39 is 41.8 Å². The SMILES string of the molecule is CC(C)([C@@H]1CCCNC1=O)[C@@H](C=O)NC(=O)CNC(=O)[C@H](Cc1cccc2ccccc12)NC(=O)Cc1ccccc1.CCC.[HH].[HH].[HH]. The Morgan fingerprint density at radius 1 is 0.956 bits per heavy atom. The summed E-state index contributed by atoms with van der Waals surface area (Å²) >= 11 is 0. The number of aldehydes is 1. The highest BCUT2D eigenvalue weighted by molar-refractivity contribution is 5.93. The van der Waals surface area contributed by atoms with Crippen molar-refractivity contribution in [2.24, 2.45) is 11.3 Å². The molecule has 1 aliphatic rings. The zero-order valence-electron chi connectivity index (χ0n) is 26.7. The van der Waals surface area contributed by atoms with Gasteiger partial charge >= 0.3 is 0 Å². The lowest BCUT2D eigenvalue weighted by Crippen LogP contribution is -2.56. The third kappa shape index (κ3) is 9.99. The molecule has 1 heterocycles. The molecule has 0 spiro atoms. The largest absolute Gasteiger partial charge is 0.356 e. The monoisotopic (exact) mass is 620 g/mol. The van der Waals surface area contributed by atoms with Crippen LogP contribution in [0.3, 0.4) is 0 Å². The zero-order valence-corrected chi connectivity index (χ0v) is 26.7. The van der Waals surface area contributed by atoms with Crippen LogP contribution in [0.5, 0.6) is 0 Å². The van der Waals surface area contributed by atoms with Gasteiger partial charge in [0.05, 0.1) is 19.0 Å². The third-order valence-corrected chi connectivity index (χ3v) is 8.02. The predicted octanol–water partition coefficient (Wildman–Crippen LogP) is 4.62. The highest BCUT2D eigenvalue weighted by Gasteiger charge is 2.43. The molecular formula is C36H52N4O5. The van der Waals surface area contributed by atoms with Gasteiger partial charge in [0.2, 0.25) is 23.6 Å². The van der Waals surface area contributed by atoms with Crippen molar-refractivity contribution in [2.75, 3.05) is 13.1 Å². The van der Waals surface area contributed by atoms with E-state index in [1.54, 1.807) is 13.8 Å². The summed E-state index contributed by atoms with van der Waals surface area (Å²) in [4.78, 5) is 63.6. The van der Waals surface area contributed by atoms with Gasteiger partial charge < -0.3 is 26.1 Å². The average molecular weight is 621 g/mol. The van der Waals surface area contributed by atoms with Crippen LogP contribution in [-0.4, -0.2) is 55.1 Å². The molecule has 0 aromatic heterocycles. The molecule has 1 aliphatic heterocycles. The lowest BCUT2D eigenvalue weighted by Gasteiger charge is -2.39. The minimum absolute atomic E-state index is 0. The van der Waals surface area contributed by atoms with Crippen LogP contribution in [0.25, 0.3) is 10.8 Å². The standard InChI is InChI=1S/C33H38N4O5.C3H8.3H2/c1-33(2,26-16-9-17-34-31(26)41)28(21-38)37-30(40)20-35-32(42)27(36-29(39)18-22-10-4-3-5-11-22)19-24-14-8-13-23-12-6-7-15-25(23)24;1-3-2;;;/h3-8,10-15,21,26-28H,9,16-20H2,1-2H3,(H,34,41)(H,35,42)(H,36,39)(H,37,40);3H2,1-2H3;3*1H/t26-,27+,28-;;;;/m1..../s1. The van der Waals surface area contributed by atoms with E-state index in [0.717, 1.165) is 28.3 Å². The van der Waals surface area contributed by atoms with Crippen molar-refractivity contribution in [3.05, 3.63) is 83.9 Å². The molecule has 9 heteroatoms. The summed E-state index contributed by atoms with van der Waals surface area (Å²) in [6.45, 7) is 8.01.